The molecule has 0 amide bonds. The Labute approximate surface area is 274 Å². The van der Waals surface area contributed by atoms with Crippen molar-refractivity contribution in [3.63, 3.8) is 0 Å². The van der Waals surface area contributed by atoms with Crippen LogP contribution in [-0.4, -0.2) is 67.1 Å². The van der Waals surface area contributed by atoms with Crippen LogP contribution in [0.1, 0.15) is 80.0 Å². The molecule has 1 N–H and O–H groups in total. The first-order valence-corrected chi connectivity index (χ1v) is 17.2. The van der Waals surface area contributed by atoms with Gasteiger partial charge in [-0.25, -0.2) is 0 Å². The number of benzene rings is 2. The van der Waals surface area contributed by atoms with Gasteiger partial charge in [0.15, 0.2) is 0 Å². The van der Waals surface area contributed by atoms with E-state index in [1.807, 2.05) is 19.2 Å². The van der Waals surface area contributed by atoms with E-state index in [0.29, 0.717) is 12.6 Å². The van der Waals surface area contributed by atoms with Gasteiger partial charge in [0.05, 0.1) is 0 Å². The van der Waals surface area contributed by atoms with Crippen LogP contribution in [0.5, 0.6) is 5.75 Å². The van der Waals surface area contributed by atoms with Gasteiger partial charge in [0.25, 0.3) is 0 Å². The van der Waals surface area contributed by atoms with Crippen LogP contribution in [0, 0.1) is 0 Å². The molecule has 0 radical (unpaired) electrons. The highest BCUT2D eigenvalue weighted by molar-refractivity contribution is 5.53. The van der Waals surface area contributed by atoms with E-state index >= 15 is 0 Å². The van der Waals surface area contributed by atoms with Crippen molar-refractivity contribution < 1.29 is 4.74 Å². The summed E-state index contributed by atoms with van der Waals surface area (Å²) >= 11 is 0. The van der Waals surface area contributed by atoms with Crippen molar-refractivity contribution in [1.29, 1.82) is 0 Å². The van der Waals surface area contributed by atoms with Crippen molar-refractivity contribution in [1.82, 2.24) is 20.0 Å². The molecule has 2 atom stereocenters. The van der Waals surface area contributed by atoms with Crippen molar-refractivity contribution in [2.45, 2.75) is 89.4 Å². The second-order valence-electron chi connectivity index (χ2n) is 13.0. The molecule has 2 aromatic carbocycles. The Bertz CT molecular complexity index is 1260. The van der Waals surface area contributed by atoms with Crippen molar-refractivity contribution in [2.24, 2.45) is 0 Å². The molecule has 5 nitrogen and oxygen atoms in total. The van der Waals surface area contributed by atoms with Gasteiger partial charge in [-0.15, -0.1) is 6.58 Å². The summed E-state index contributed by atoms with van der Waals surface area (Å²) in [6.07, 6.45) is 15.9. The van der Waals surface area contributed by atoms with E-state index in [1.54, 1.807) is 0 Å². The molecular weight excluding hydrogens is 552 g/mol. The van der Waals surface area contributed by atoms with E-state index in [2.05, 4.69) is 95.8 Å². The Morgan fingerprint density at radius 1 is 1.02 bits per heavy atom. The fourth-order valence-electron chi connectivity index (χ4n) is 7.02. The Morgan fingerprint density at radius 2 is 1.80 bits per heavy atom. The van der Waals surface area contributed by atoms with Gasteiger partial charge >= 0.3 is 0 Å². The minimum Gasteiger partial charge on any atom is -0.487 e. The smallest absolute Gasteiger partial charge is 0.127 e. The molecule has 2 heterocycles. The van der Waals surface area contributed by atoms with Crippen molar-refractivity contribution in [3.05, 3.63) is 109 Å². The summed E-state index contributed by atoms with van der Waals surface area (Å²) in [6, 6.07) is 16.4. The van der Waals surface area contributed by atoms with Gasteiger partial charge in [0.1, 0.15) is 12.4 Å². The predicted molar refractivity (Wildman–Crippen MR) is 192 cm³/mol. The first-order chi connectivity index (χ1) is 21.9. The van der Waals surface area contributed by atoms with Crippen molar-refractivity contribution >= 4 is 6.08 Å². The van der Waals surface area contributed by atoms with Gasteiger partial charge in [0.2, 0.25) is 0 Å². The van der Waals surface area contributed by atoms with Crippen LogP contribution in [0.25, 0.3) is 6.08 Å². The Hall–Kier alpha value is -3.28. The number of nitrogens with one attached hydrogen (secondary N) is 1. The standard InChI is InChI=1S/C40H58N4O/c1-7-9-19-39(33(4)41-5)42(6)29-37-28-34(21-23-35(37)8-2)22-24-38-18-13-16-27-44(38)30-36-17-11-12-20-40(36)45-31-32(3)43-25-14-10-15-26-43/h7-8,11-12,17,20-21,23,28,38-39,41H,1-4,9-10,13-16,18-19,22,24-27,29-31H2,5-6H3. The maximum Gasteiger partial charge on any atom is 0.127 e. The highest BCUT2D eigenvalue weighted by Crippen LogP contribution is 2.28. The van der Waals surface area contributed by atoms with E-state index in [-0.39, 0.29) is 6.04 Å². The van der Waals surface area contributed by atoms with E-state index in [1.165, 1.54) is 60.8 Å². The summed E-state index contributed by atoms with van der Waals surface area (Å²) < 4.78 is 6.39. The zero-order valence-corrected chi connectivity index (χ0v) is 28.2. The second-order valence-corrected chi connectivity index (χ2v) is 13.0. The number of aryl methyl sites for hydroxylation is 1. The maximum atomic E-state index is 6.39. The molecule has 0 aliphatic carbocycles. The lowest BCUT2D eigenvalue weighted by molar-refractivity contribution is 0.130. The van der Waals surface area contributed by atoms with Crippen LogP contribution in [0.4, 0.5) is 0 Å². The topological polar surface area (TPSA) is 31.0 Å². The second kappa shape index (κ2) is 18.0. The van der Waals surface area contributed by atoms with Gasteiger partial charge in [-0.3, -0.25) is 9.80 Å². The Balaban J connectivity index is 1.39. The number of ether oxygens (including phenoxy) is 1. The molecular formula is C40H58N4O. The first-order valence-electron chi connectivity index (χ1n) is 17.2. The highest BCUT2D eigenvalue weighted by atomic mass is 16.5. The molecule has 45 heavy (non-hydrogen) atoms. The van der Waals surface area contributed by atoms with Crippen molar-refractivity contribution in [2.75, 3.05) is 40.3 Å². The number of likely N-dealkylation sites (tertiary alicyclic amines) is 2. The molecule has 0 saturated carbocycles. The zero-order valence-electron chi connectivity index (χ0n) is 28.2. The molecule has 2 aromatic rings. The highest BCUT2D eigenvalue weighted by Gasteiger charge is 2.24. The summed E-state index contributed by atoms with van der Waals surface area (Å²) in [7, 11) is 4.15. The van der Waals surface area contributed by atoms with Gasteiger partial charge < -0.3 is 15.0 Å². The molecule has 4 rings (SSSR count). The summed E-state index contributed by atoms with van der Waals surface area (Å²) in [5, 5.41) is 3.28. The van der Waals surface area contributed by atoms with E-state index in [0.717, 1.165) is 75.6 Å². The summed E-state index contributed by atoms with van der Waals surface area (Å²) in [5.74, 6) is 1.00. The quantitative estimate of drug-likeness (QED) is 0.172. The summed E-state index contributed by atoms with van der Waals surface area (Å²) in [6.45, 7) is 22.4. The third kappa shape index (κ3) is 10.1. The molecule has 2 aliphatic heterocycles. The number of hydrogen-bond donors (Lipinski definition) is 1. The molecule has 2 fully saturated rings. The largest absolute Gasteiger partial charge is 0.487 e. The number of nitrogens with zero attached hydrogens (tertiary/aromatic N) is 3. The minimum atomic E-state index is 0.250. The van der Waals surface area contributed by atoms with Gasteiger partial charge in [-0.1, -0.05) is 74.7 Å². The molecule has 0 bridgehead atoms. The van der Waals surface area contributed by atoms with Crippen LogP contribution in [0.15, 0.2) is 86.3 Å². The average molecular weight is 611 g/mol. The molecule has 2 unspecified atom stereocenters. The monoisotopic (exact) mass is 610 g/mol. The first kappa shape index (κ1) is 34.6. The number of piperidine rings is 2. The SMILES string of the molecule is C=CCCC(C(=C)NC)N(C)Cc1cc(CCC2CCCCN2Cc2ccccc2OCC(=C)N2CCCCC2)ccc1C=C. The van der Waals surface area contributed by atoms with Crippen LogP contribution in [0.3, 0.4) is 0 Å². The lowest BCUT2D eigenvalue weighted by Crippen LogP contribution is -2.39. The number of hydrogen-bond acceptors (Lipinski definition) is 5. The number of rotatable bonds is 18. The average Bonchev–Trinajstić information content (AvgIpc) is 3.07. The van der Waals surface area contributed by atoms with Crippen molar-refractivity contribution in [3.8, 4) is 5.75 Å². The Morgan fingerprint density at radius 3 is 2.56 bits per heavy atom. The van der Waals surface area contributed by atoms with Crippen LogP contribution >= 0.6 is 0 Å². The van der Waals surface area contributed by atoms with Gasteiger partial charge in [-0.2, -0.15) is 0 Å². The molecule has 244 valence electrons. The van der Waals surface area contributed by atoms with E-state index < -0.39 is 0 Å². The van der Waals surface area contributed by atoms with E-state index in [4.69, 9.17) is 4.74 Å². The van der Waals surface area contributed by atoms with Crippen LogP contribution in [0.2, 0.25) is 0 Å². The fraction of sp³-hybridized carbons (Fsp3) is 0.500. The molecule has 0 spiro atoms. The lowest BCUT2D eigenvalue weighted by Gasteiger charge is -2.36. The summed E-state index contributed by atoms with van der Waals surface area (Å²) in [5.41, 5.74) is 7.38. The number of para-hydroxylation sites is 1. The molecule has 0 aromatic heterocycles. The molecule has 5 heteroatoms. The lowest BCUT2D eigenvalue weighted by atomic mass is 9.93. The molecule has 2 saturated heterocycles. The van der Waals surface area contributed by atoms with Gasteiger partial charge in [0, 0.05) is 62.3 Å². The molecule has 2 aliphatic rings. The summed E-state index contributed by atoms with van der Waals surface area (Å²) in [4.78, 5) is 7.50. The van der Waals surface area contributed by atoms with Crippen LogP contribution < -0.4 is 10.1 Å². The maximum absolute atomic E-state index is 6.39. The third-order valence-electron chi connectivity index (χ3n) is 9.81. The zero-order chi connectivity index (χ0) is 32.0. The third-order valence-corrected chi connectivity index (χ3v) is 9.81. The predicted octanol–water partition coefficient (Wildman–Crippen LogP) is 8.20. The number of allylic oxidation sites excluding steroid dienone is 1. The van der Waals surface area contributed by atoms with Gasteiger partial charge in [-0.05, 0) is 94.1 Å². The fourth-order valence-corrected chi connectivity index (χ4v) is 7.02. The van der Waals surface area contributed by atoms with E-state index in [9.17, 15) is 0 Å². The normalized spacial score (nSPS) is 17.9. The Kier molecular flexibility index (Phi) is 13.8. The van der Waals surface area contributed by atoms with Crippen LogP contribution in [-0.2, 0) is 19.5 Å². The minimum absolute atomic E-state index is 0.250. The number of likely N-dealkylation sites (N-methyl/N-ethyl adjacent to an activating group) is 2.